The van der Waals surface area contributed by atoms with Crippen molar-refractivity contribution >= 4 is 11.8 Å². The minimum atomic E-state index is -1.43. The van der Waals surface area contributed by atoms with Gasteiger partial charge in [-0.3, -0.25) is 5.41 Å². The lowest BCUT2D eigenvalue weighted by Gasteiger charge is -2.19. The van der Waals surface area contributed by atoms with Gasteiger partial charge in [-0.1, -0.05) is 6.07 Å². The Labute approximate surface area is 104 Å². The molecule has 0 saturated heterocycles. The Balaban J connectivity index is 2.18. The number of rotatable bonds is 4. The molecule has 1 aliphatic heterocycles. The smallest absolute Gasteiger partial charge is 0.352 e. The molecule has 0 radical (unpaired) electrons. The van der Waals surface area contributed by atoms with Crippen LogP contribution < -0.4 is 15.8 Å². The first-order valence-corrected chi connectivity index (χ1v) is 5.64. The van der Waals surface area contributed by atoms with E-state index >= 15 is 0 Å². The van der Waals surface area contributed by atoms with Crippen molar-refractivity contribution < 1.29 is 14.6 Å². The molecule has 0 fully saturated rings. The molecule has 2 rings (SSSR count). The molecular formula is C12H15N3O3. The second-order valence-corrected chi connectivity index (χ2v) is 4.15. The lowest BCUT2D eigenvalue weighted by atomic mass is 10.0. The first kappa shape index (κ1) is 12.4. The van der Waals surface area contributed by atoms with Gasteiger partial charge in [-0.25, -0.2) is 4.79 Å². The summed E-state index contributed by atoms with van der Waals surface area (Å²) in [6.07, 6.45) is -0.482. The van der Waals surface area contributed by atoms with Crippen LogP contribution in [-0.4, -0.2) is 29.6 Å². The Hall–Kier alpha value is -2.08. The molecule has 0 bridgehead atoms. The minimum absolute atomic E-state index is 0.417. The molecule has 0 saturated carbocycles. The largest absolute Gasteiger partial charge is 0.478 e. The van der Waals surface area contributed by atoms with Gasteiger partial charge in [0, 0.05) is 6.54 Å². The predicted octanol–water partition coefficient (Wildman–Crippen LogP) is 0.100. The number of carbonyl (C=O) groups is 1. The lowest BCUT2D eigenvalue weighted by molar-refractivity contribution is -0.141. The molecule has 6 heteroatoms. The Bertz CT molecular complexity index is 473. The third kappa shape index (κ3) is 2.60. The van der Waals surface area contributed by atoms with Crippen LogP contribution in [0.5, 0.6) is 5.75 Å². The van der Waals surface area contributed by atoms with Crippen LogP contribution in [0.1, 0.15) is 11.1 Å². The zero-order valence-corrected chi connectivity index (χ0v) is 9.77. The first-order valence-electron chi connectivity index (χ1n) is 5.64. The molecule has 5 N–H and O–H groups in total. The quantitative estimate of drug-likeness (QED) is 0.447. The van der Waals surface area contributed by atoms with Crippen LogP contribution in [0, 0.1) is 5.41 Å². The highest BCUT2D eigenvalue weighted by atomic mass is 16.5. The normalized spacial score (nSPS) is 15.6. The van der Waals surface area contributed by atoms with Crippen LogP contribution in [0.15, 0.2) is 18.2 Å². The summed E-state index contributed by atoms with van der Waals surface area (Å²) in [5, 5.41) is 19.3. The van der Waals surface area contributed by atoms with Crippen molar-refractivity contribution in [2.75, 3.05) is 6.54 Å². The third-order valence-electron chi connectivity index (χ3n) is 2.82. The molecular weight excluding hydrogens is 234 g/mol. The monoisotopic (exact) mass is 249 g/mol. The van der Waals surface area contributed by atoms with Crippen molar-refractivity contribution in [1.29, 1.82) is 5.41 Å². The van der Waals surface area contributed by atoms with E-state index < -0.39 is 17.9 Å². The number of nitrogens with two attached hydrogens (primary N) is 1. The number of benzene rings is 1. The molecule has 96 valence electrons. The van der Waals surface area contributed by atoms with Crippen LogP contribution >= 0.6 is 0 Å². The Morgan fingerprint density at radius 2 is 2.28 bits per heavy atom. The highest BCUT2D eigenvalue weighted by Crippen LogP contribution is 2.21. The molecule has 0 spiro atoms. The number of carboxylic acid groups (broad SMARTS) is 1. The molecule has 1 unspecified atom stereocenters. The van der Waals surface area contributed by atoms with Crippen LogP contribution in [0.3, 0.4) is 0 Å². The summed E-state index contributed by atoms with van der Waals surface area (Å²) in [7, 11) is 0. The molecule has 1 aromatic rings. The zero-order chi connectivity index (χ0) is 13.1. The number of ether oxygens (including phenoxy) is 1. The Kier molecular flexibility index (Phi) is 3.47. The molecule has 18 heavy (non-hydrogen) atoms. The highest BCUT2D eigenvalue weighted by Gasteiger charge is 2.23. The third-order valence-corrected chi connectivity index (χ3v) is 2.82. The van der Waals surface area contributed by atoms with Crippen LogP contribution in [0.25, 0.3) is 0 Å². The Morgan fingerprint density at radius 3 is 2.94 bits per heavy atom. The van der Waals surface area contributed by atoms with Crippen molar-refractivity contribution in [2.24, 2.45) is 5.73 Å². The van der Waals surface area contributed by atoms with Gasteiger partial charge in [0.1, 0.15) is 11.6 Å². The summed E-state index contributed by atoms with van der Waals surface area (Å²) in [5.74, 6) is -1.36. The minimum Gasteiger partial charge on any atom is -0.478 e. The van der Waals surface area contributed by atoms with Crippen molar-refractivity contribution in [2.45, 2.75) is 19.1 Å². The van der Waals surface area contributed by atoms with E-state index in [9.17, 15) is 4.79 Å². The van der Waals surface area contributed by atoms with Gasteiger partial charge in [0.2, 0.25) is 0 Å². The van der Waals surface area contributed by atoms with E-state index in [1.165, 1.54) is 5.56 Å². The maximum absolute atomic E-state index is 10.9. The summed E-state index contributed by atoms with van der Waals surface area (Å²) in [6.45, 7) is 1.68. The van der Waals surface area contributed by atoms with E-state index in [1.807, 2.05) is 6.07 Å². The second kappa shape index (κ2) is 5.05. The second-order valence-electron chi connectivity index (χ2n) is 4.15. The van der Waals surface area contributed by atoms with E-state index in [0.29, 0.717) is 5.75 Å². The standard InChI is InChI=1S/C12H15N3O3/c13-11(14)10(12(16)17)18-9-2-1-7-3-4-15-6-8(7)5-9/h1-2,5,10,15H,3-4,6H2,(H3,13,14)(H,16,17). The van der Waals surface area contributed by atoms with Gasteiger partial charge < -0.3 is 20.9 Å². The summed E-state index contributed by atoms with van der Waals surface area (Å²) in [5.41, 5.74) is 7.51. The fraction of sp³-hybridized carbons (Fsp3) is 0.333. The molecule has 1 atom stereocenters. The van der Waals surface area contributed by atoms with Gasteiger partial charge in [0.25, 0.3) is 6.10 Å². The van der Waals surface area contributed by atoms with Gasteiger partial charge >= 0.3 is 5.97 Å². The number of hydrogen-bond donors (Lipinski definition) is 4. The topological polar surface area (TPSA) is 108 Å². The first-order chi connectivity index (χ1) is 8.58. The van der Waals surface area contributed by atoms with Crippen LogP contribution in [0.2, 0.25) is 0 Å². The van der Waals surface area contributed by atoms with Crippen molar-refractivity contribution in [3.8, 4) is 5.75 Å². The summed E-state index contributed by atoms with van der Waals surface area (Å²) in [4.78, 5) is 10.9. The molecule has 0 aliphatic carbocycles. The van der Waals surface area contributed by atoms with Gasteiger partial charge in [-0.05, 0) is 36.2 Å². The van der Waals surface area contributed by atoms with E-state index in [4.69, 9.17) is 21.0 Å². The number of fused-ring (bicyclic) bond motifs is 1. The Morgan fingerprint density at radius 1 is 1.50 bits per heavy atom. The van der Waals surface area contributed by atoms with Crippen molar-refractivity contribution in [3.05, 3.63) is 29.3 Å². The van der Waals surface area contributed by atoms with Crippen molar-refractivity contribution in [3.63, 3.8) is 0 Å². The number of aliphatic carboxylic acids is 1. The van der Waals surface area contributed by atoms with E-state index in [1.54, 1.807) is 12.1 Å². The number of nitrogens with one attached hydrogen (secondary N) is 2. The van der Waals surface area contributed by atoms with Crippen LogP contribution in [-0.2, 0) is 17.8 Å². The highest BCUT2D eigenvalue weighted by molar-refractivity contribution is 6.00. The molecule has 0 amide bonds. The maximum Gasteiger partial charge on any atom is 0.352 e. The fourth-order valence-corrected chi connectivity index (χ4v) is 1.91. The number of hydrogen-bond acceptors (Lipinski definition) is 4. The summed E-state index contributed by atoms with van der Waals surface area (Å²) >= 11 is 0. The van der Waals surface area contributed by atoms with E-state index in [0.717, 1.165) is 25.1 Å². The van der Waals surface area contributed by atoms with Gasteiger partial charge in [-0.15, -0.1) is 0 Å². The van der Waals surface area contributed by atoms with Gasteiger partial charge in [0.15, 0.2) is 0 Å². The molecule has 1 aliphatic rings. The average Bonchev–Trinajstić information content (AvgIpc) is 2.35. The number of amidine groups is 1. The molecule has 6 nitrogen and oxygen atoms in total. The van der Waals surface area contributed by atoms with Crippen molar-refractivity contribution in [1.82, 2.24) is 5.32 Å². The van der Waals surface area contributed by atoms with E-state index in [2.05, 4.69) is 5.32 Å². The van der Waals surface area contributed by atoms with Gasteiger partial charge in [-0.2, -0.15) is 0 Å². The molecule has 0 aromatic heterocycles. The maximum atomic E-state index is 10.9. The fourth-order valence-electron chi connectivity index (χ4n) is 1.91. The SMILES string of the molecule is N=C(N)C(Oc1ccc2c(c1)CNCC2)C(=O)O. The number of carboxylic acids is 1. The van der Waals surface area contributed by atoms with Gasteiger partial charge in [0.05, 0.1) is 0 Å². The summed E-state index contributed by atoms with van der Waals surface area (Å²) in [6, 6.07) is 5.42. The summed E-state index contributed by atoms with van der Waals surface area (Å²) < 4.78 is 5.23. The predicted molar refractivity (Wildman–Crippen MR) is 65.8 cm³/mol. The molecule has 1 aromatic carbocycles. The lowest BCUT2D eigenvalue weighted by Crippen LogP contribution is -2.40. The van der Waals surface area contributed by atoms with E-state index in [-0.39, 0.29) is 0 Å². The van der Waals surface area contributed by atoms with Crippen LogP contribution in [0.4, 0.5) is 0 Å². The molecule has 1 heterocycles. The zero-order valence-electron chi connectivity index (χ0n) is 9.77. The average molecular weight is 249 g/mol.